The number of aryl methyl sites for hydroxylation is 2. The van der Waals surface area contributed by atoms with Gasteiger partial charge in [0, 0.05) is 38.7 Å². The summed E-state index contributed by atoms with van der Waals surface area (Å²) in [6.07, 6.45) is 2.34. The highest BCUT2D eigenvalue weighted by atomic mass is 16.5. The second-order valence-electron chi connectivity index (χ2n) is 6.08. The zero-order valence-corrected chi connectivity index (χ0v) is 13.5. The molecule has 0 atom stereocenters. The summed E-state index contributed by atoms with van der Waals surface area (Å²) in [5.41, 5.74) is 2.39. The smallest absolute Gasteiger partial charge is 0.223 e. The molecule has 1 saturated heterocycles. The second-order valence-corrected chi connectivity index (χ2v) is 6.08. The third-order valence-corrected chi connectivity index (χ3v) is 4.28. The fourth-order valence-corrected chi connectivity index (χ4v) is 2.82. The molecule has 1 aromatic heterocycles. The van der Waals surface area contributed by atoms with Gasteiger partial charge in [0.1, 0.15) is 0 Å². The number of likely N-dealkylation sites (N-methyl/N-ethyl adjacent to an activating group) is 1. The molecule has 118 valence electrons. The summed E-state index contributed by atoms with van der Waals surface area (Å²) < 4.78 is 5.02. The Morgan fingerprint density at radius 2 is 1.82 bits per heavy atom. The molecule has 1 fully saturated rings. The van der Waals surface area contributed by atoms with Crippen LogP contribution in [0, 0.1) is 6.92 Å². The maximum Gasteiger partial charge on any atom is 0.223 e. The van der Waals surface area contributed by atoms with Crippen LogP contribution >= 0.6 is 0 Å². The average Bonchev–Trinajstić information content (AvgIpc) is 2.97. The summed E-state index contributed by atoms with van der Waals surface area (Å²) in [4.78, 5) is 9.22. The van der Waals surface area contributed by atoms with Gasteiger partial charge in [-0.3, -0.25) is 0 Å². The van der Waals surface area contributed by atoms with Gasteiger partial charge in [-0.2, -0.15) is 4.98 Å². The first-order chi connectivity index (χ1) is 10.7. The van der Waals surface area contributed by atoms with Gasteiger partial charge in [0.2, 0.25) is 11.7 Å². The van der Waals surface area contributed by atoms with E-state index in [0.717, 1.165) is 12.0 Å². The normalized spacial score (nSPS) is 17.0. The molecule has 22 heavy (non-hydrogen) atoms. The van der Waals surface area contributed by atoms with Crippen molar-refractivity contribution in [2.75, 3.05) is 39.8 Å². The van der Waals surface area contributed by atoms with Gasteiger partial charge in [-0.25, -0.2) is 0 Å². The third-order valence-electron chi connectivity index (χ3n) is 4.28. The standard InChI is InChI=1S/C17H24N4O/c1-14-18-17(19-22-14)16-7-5-15(6-8-16)4-3-9-21-12-10-20(2)11-13-21/h5-8H,3-4,9-13H2,1-2H3. The molecule has 3 rings (SSSR count). The van der Waals surface area contributed by atoms with Crippen molar-refractivity contribution in [3.05, 3.63) is 35.7 Å². The molecule has 0 N–H and O–H groups in total. The molecule has 0 unspecified atom stereocenters. The minimum atomic E-state index is 0.603. The van der Waals surface area contributed by atoms with Crippen LogP contribution in [0.3, 0.4) is 0 Å². The van der Waals surface area contributed by atoms with Crippen LogP contribution in [0.1, 0.15) is 17.9 Å². The molecular formula is C17H24N4O. The first-order valence-corrected chi connectivity index (χ1v) is 8.01. The summed E-state index contributed by atoms with van der Waals surface area (Å²) in [6.45, 7) is 7.79. The number of piperazine rings is 1. The van der Waals surface area contributed by atoms with Gasteiger partial charge in [-0.15, -0.1) is 0 Å². The highest BCUT2D eigenvalue weighted by Gasteiger charge is 2.12. The molecule has 1 aromatic carbocycles. The molecule has 1 aliphatic heterocycles. The topological polar surface area (TPSA) is 45.4 Å². The van der Waals surface area contributed by atoms with E-state index in [0.29, 0.717) is 11.7 Å². The van der Waals surface area contributed by atoms with Gasteiger partial charge in [0.15, 0.2) is 0 Å². The van der Waals surface area contributed by atoms with Crippen LogP contribution in [0.25, 0.3) is 11.4 Å². The van der Waals surface area contributed by atoms with Gasteiger partial charge < -0.3 is 14.3 Å². The van der Waals surface area contributed by atoms with Crippen molar-refractivity contribution < 1.29 is 4.52 Å². The van der Waals surface area contributed by atoms with Crippen molar-refractivity contribution in [2.45, 2.75) is 19.8 Å². The van der Waals surface area contributed by atoms with Crippen LogP contribution in [-0.2, 0) is 6.42 Å². The van der Waals surface area contributed by atoms with Crippen LogP contribution in [0.2, 0.25) is 0 Å². The fourth-order valence-electron chi connectivity index (χ4n) is 2.82. The number of nitrogens with zero attached hydrogens (tertiary/aromatic N) is 4. The Labute approximate surface area is 131 Å². The summed E-state index contributed by atoms with van der Waals surface area (Å²) in [5.74, 6) is 1.27. The molecule has 0 spiro atoms. The number of hydrogen-bond donors (Lipinski definition) is 0. The zero-order valence-electron chi connectivity index (χ0n) is 13.5. The van der Waals surface area contributed by atoms with Crippen molar-refractivity contribution in [1.82, 2.24) is 19.9 Å². The molecular weight excluding hydrogens is 276 g/mol. The first kappa shape index (κ1) is 15.2. The first-order valence-electron chi connectivity index (χ1n) is 8.01. The molecule has 2 aromatic rings. The van der Waals surface area contributed by atoms with E-state index in [9.17, 15) is 0 Å². The van der Waals surface area contributed by atoms with Gasteiger partial charge in [-0.1, -0.05) is 29.4 Å². The monoisotopic (exact) mass is 300 g/mol. The van der Waals surface area contributed by atoms with Crippen molar-refractivity contribution >= 4 is 0 Å². The molecule has 0 bridgehead atoms. The van der Waals surface area contributed by atoms with Crippen molar-refractivity contribution in [3.63, 3.8) is 0 Å². The van der Waals surface area contributed by atoms with E-state index in [1.165, 1.54) is 44.7 Å². The van der Waals surface area contributed by atoms with E-state index in [-0.39, 0.29) is 0 Å². The average molecular weight is 300 g/mol. The predicted octanol–water partition coefficient (Wildman–Crippen LogP) is 2.23. The molecule has 0 radical (unpaired) electrons. The summed E-state index contributed by atoms with van der Waals surface area (Å²) in [6, 6.07) is 8.50. The lowest BCUT2D eigenvalue weighted by Gasteiger charge is -2.32. The molecule has 5 nitrogen and oxygen atoms in total. The van der Waals surface area contributed by atoms with E-state index in [1.54, 1.807) is 0 Å². The Kier molecular flexibility index (Phi) is 4.85. The second kappa shape index (κ2) is 7.03. The lowest BCUT2D eigenvalue weighted by molar-refractivity contribution is 0.153. The van der Waals surface area contributed by atoms with E-state index in [4.69, 9.17) is 4.52 Å². The minimum absolute atomic E-state index is 0.603. The van der Waals surface area contributed by atoms with Crippen LogP contribution < -0.4 is 0 Å². The number of aromatic nitrogens is 2. The van der Waals surface area contributed by atoms with Gasteiger partial charge in [-0.05, 0) is 32.0 Å². The summed E-state index contributed by atoms with van der Waals surface area (Å²) >= 11 is 0. The molecule has 0 amide bonds. The molecule has 5 heteroatoms. The number of rotatable bonds is 5. The third kappa shape index (κ3) is 3.93. The van der Waals surface area contributed by atoms with E-state index in [1.807, 2.05) is 6.92 Å². The minimum Gasteiger partial charge on any atom is -0.339 e. The Hall–Kier alpha value is -1.72. The number of hydrogen-bond acceptors (Lipinski definition) is 5. The Balaban J connectivity index is 1.47. The van der Waals surface area contributed by atoms with Crippen molar-refractivity contribution in [3.8, 4) is 11.4 Å². The quantitative estimate of drug-likeness (QED) is 0.847. The van der Waals surface area contributed by atoms with Crippen LogP contribution in [-0.4, -0.2) is 59.7 Å². The van der Waals surface area contributed by atoms with Gasteiger partial charge >= 0.3 is 0 Å². The van der Waals surface area contributed by atoms with Crippen molar-refractivity contribution in [2.24, 2.45) is 0 Å². The lowest BCUT2D eigenvalue weighted by Crippen LogP contribution is -2.44. The zero-order chi connectivity index (χ0) is 15.4. The molecule has 0 saturated carbocycles. The van der Waals surface area contributed by atoms with Gasteiger partial charge in [0.25, 0.3) is 0 Å². The SMILES string of the molecule is Cc1nc(-c2ccc(CCCN3CCN(C)CC3)cc2)no1. The maximum absolute atomic E-state index is 5.02. The van der Waals surface area contributed by atoms with Crippen LogP contribution in [0.4, 0.5) is 0 Å². The Morgan fingerprint density at radius 1 is 1.09 bits per heavy atom. The summed E-state index contributed by atoms with van der Waals surface area (Å²) in [7, 11) is 2.20. The fraction of sp³-hybridized carbons (Fsp3) is 0.529. The highest BCUT2D eigenvalue weighted by Crippen LogP contribution is 2.17. The highest BCUT2D eigenvalue weighted by molar-refractivity contribution is 5.54. The lowest BCUT2D eigenvalue weighted by atomic mass is 10.1. The molecule has 1 aliphatic rings. The van der Waals surface area contributed by atoms with E-state index >= 15 is 0 Å². The van der Waals surface area contributed by atoms with Gasteiger partial charge in [0.05, 0.1) is 0 Å². The number of benzene rings is 1. The Morgan fingerprint density at radius 3 is 2.45 bits per heavy atom. The largest absolute Gasteiger partial charge is 0.339 e. The molecule has 0 aliphatic carbocycles. The van der Waals surface area contributed by atoms with Crippen LogP contribution in [0.5, 0.6) is 0 Å². The molecule has 2 heterocycles. The van der Waals surface area contributed by atoms with Crippen molar-refractivity contribution in [1.29, 1.82) is 0 Å². The Bertz CT molecular complexity index is 585. The predicted molar refractivity (Wildman–Crippen MR) is 86.7 cm³/mol. The van der Waals surface area contributed by atoms with Crippen LogP contribution in [0.15, 0.2) is 28.8 Å². The van der Waals surface area contributed by atoms with E-state index < -0.39 is 0 Å². The maximum atomic E-state index is 5.02. The van der Waals surface area contributed by atoms with E-state index in [2.05, 4.69) is 51.3 Å². The summed E-state index contributed by atoms with van der Waals surface area (Å²) in [5, 5.41) is 3.95.